The first-order chi connectivity index (χ1) is 14.6. The SMILES string of the molecule is COc1ccc(C(=O)NCCNC(=O)Nc2cc(Cl)ccc2N2CCCCC2)cc1. The molecule has 0 spiro atoms. The van der Waals surface area contributed by atoms with Crippen LogP contribution < -0.4 is 25.6 Å². The minimum Gasteiger partial charge on any atom is -0.497 e. The molecule has 2 aromatic carbocycles. The van der Waals surface area contributed by atoms with Gasteiger partial charge in [-0.3, -0.25) is 4.79 Å². The molecular formula is C22H27ClN4O3. The molecule has 0 bridgehead atoms. The Kier molecular flexibility index (Phi) is 7.79. The molecule has 3 amide bonds. The van der Waals surface area contributed by atoms with Gasteiger partial charge in [0.15, 0.2) is 0 Å². The molecule has 7 nitrogen and oxygen atoms in total. The van der Waals surface area contributed by atoms with Gasteiger partial charge in [-0.25, -0.2) is 4.79 Å². The number of urea groups is 1. The lowest BCUT2D eigenvalue weighted by molar-refractivity contribution is 0.0954. The second kappa shape index (κ2) is 10.7. The normalized spacial score (nSPS) is 13.5. The summed E-state index contributed by atoms with van der Waals surface area (Å²) >= 11 is 6.13. The first-order valence-electron chi connectivity index (χ1n) is 10.1. The minimum atomic E-state index is -0.339. The van der Waals surface area contributed by atoms with Crippen molar-refractivity contribution in [3.05, 3.63) is 53.1 Å². The molecule has 3 rings (SSSR count). The van der Waals surface area contributed by atoms with Crippen LogP contribution in [0.1, 0.15) is 29.6 Å². The first-order valence-corrected chi connectivity index (χ1v) is 10.5. The Hall–Kier alpha value is -2.93. The number of methoxy groups -OCH3 is 1. The zero-order valence-electron chi connectivity index (χ0n) is 17.0. The summed E-state index contributed by atoms with van der Waals surface area (Å²) in [5, 5.41) is 8.98. The van der Waals surface area contributed by atoms with Crippen molar-refractivity contribution in [1.29, 1.82) is 0 Å². The van der Waals surface area contributed by atoms with Crippen molar-refractivity contribution >= 4 is 34.9 Å². The highest BCUT2D eigenvalue weighted by Gasteiger charge is 2.16. The Labute approximate surface area is 181 Å². The van der Waals surface area contributed by atoms with E-state index in [-0.39, 0.29) is 11.9 Å². The number of rotatable bonds is 7. The number of hydrogen-bond acceptors (Lipinski definition) is 4. The number of carbonyl (C=O) groups is 2. The van der Waals surface area contributed by atoms with Crippen molar-refractivity contribution in [3.8, 4) is 5.75 Å². The number of amides is 3. The molecule has 0 radical (unpaired) electrons. The second-order valence-corrected chi connectivity index (χ2v) is 7.51. The predicted molar refractivity (Wildman–Crippen MR) is 120 cm³/mol. The highest BCUT2D eigenvalue weighted by atomic mass is 35.5. The van der Waals surface area contributed by atoms with E-state index in [4.69, 9.17) is 16.3 Å². The van der Waals surface area contributed by atoms with Crippen LogP contribution in [0.2, 0.25) is 5.02 Å². The summed E-state index contributed by atoms with van der Waals surface area (Å²) in [7, 11) is 1.57. The van der Waals surface area contributed by atoms with Crippen LogP contribution in [-0.4, -0.2) is 45.2 Å². The fourth-order valence-corrected chi connectivity index (χ4v) is 3.55. The number of carbonyl (C=O) groups excluding carboxylic acids is 2. The summed E-state index contributed by atoms with van der Waals surface area (Å²) in [4.78, 5) is 26.7. The number of benzene rings is 2. The first kappa shape index (κ1) is 21.8. The van der Waals surface area contributed by atoms with Gasteiger partial charge in [-0.05, 0) is 61.7 Å². The Balaban J connectivity index is 1.47. The van der Waals surface area contributed by atoms with Crippen LogP contribution in [-0.2, 0) is 0 Å². The van der Waals surface area contributed by atoms with Gasteiger partial charge in [0.25, 0.3) is 5.91 Å². The lowest BCUT2D eigenvalue weighted by Crippen LogP contribution is -2.37. The highest BCUT2D eigenvalue weighted by Crippen LogP contribution is 2.31. The van der Waals surface area contributed by atoms with Crippen molar-refractivity contribution < 1.29 is 14.3 Å². The fourth-order valence-electron chi connectivity index (χ4n) is 3.38. The van der Waals surface area contributed by atoms with Gasteiger partial charge in [0.1, 0.15) is 5.75 Å². The maximum absolute atomic E-state index is 12.3. The summed E-state index contributed by atoms with van der Waals surface area (Å²) in [6.07, 6.45) is 3.51. The zero-order chi connectivity index (χ0) is 21.3. The Bertz CT molecular complexity index is 867. The lowest BCUT2D eigenvalue weighted by Gasteiger charge is -2.30. The van der Waals surface area contributed by atoms with Crippen molar-refractivity contribution in [1.82, 2.24) is 10.6 Å². The molecule has 1 aliphatic rings. The van der Waals surface area contributed by atoms with Gasteiger partial charge in [0, 0.05) is 36.8 Å². The molecule has 3 N–H and O–H groups in total. The molecule has 2 aromatic rings. The standard InChI is InChI=1S/C22H27ClN4O3/c1-30-18-8-5-16(6-9-18)21(28)24-11-12-25-22(29)26-19-15-17(23)7-10-20(19)27-13-3-2-4-14-27/h5-10,15H,2-4,11-14H2,1H3,(H,24,28)(H2,25,26,29). The van der Waals surface area contributed by atoms with E-state index in [0.29, 0.717) is 35.1 Å². The molecular weight excluding hydrogens is 404 g/mol. The van der Waals surface area contributed by atoms with Gasteiger partial charge in [-0.1, -0.05) is 11.6 Å². The van der Waals surface area contributed by atoms with Crippen molar-refractivity contribution in [3.63, 3.8) is 0 Å². The molecule has 0 saturated carbocycles. The van der Waals surface area contributed by atoms with Gasteiger partial charge in [-0.15, -0.1) is 0 Å². The topological polar surface area (TPSA) is 82.7 Å². The lowest BCUT2D eigenvalue weighted by atomic mass is 10.1. The second-order valence-electron chi connectivity index (χ2n) is 7.07. The molecule has 1 heterocycles. The molecule has 0 aliphatic carbocycles. The summed E-state index contributed by atoms with van der Waals surface area (Å²) in [5.74, 6) is 0.483. The molecule has 0 atom stereocenters. The summed E-state index contributed by atoms with van der Waals surface area (Å²) in [5.41, 5.74) is 2.19. The van der Waals surface area contributed by atoms with Crippen LogP contribution in [0.5, 0.6) is 5.75 Å². The molecule has 0 aromatic heterocycles. The van der Waals surface area contributed by atoms with Crippen LogP contribution in [0.25, 0.3) is 0 Å². The largest absolute Gasteiger partial charge is 0.497 e. The van der Waals surface area contributed by atoms with E-state index >= 15 is 0 Å². The Morgan fingerprint density at radius 1 is 1.00 bits per heavy atom. The maximum atomic E-state index is 12.3. The predicted octanol–water partition coefficient (Wildman–Crippen LogP) is 3.89. The zero-order valence-corrected chi connectivity index (χ0v) is 17.8. The molecule has 0 unspecified atom stereocenters. The molecule has 1 saturated heterocycles. The minimum absolute atomic E-state index is 0.206. The van der Waals surface area contributed by atoms with Gasteiger partial charge >= 0.3 is 6.03 Å². The third-order valence-electron chi connectivity index (χ3n) is 4.95. The van der Waals surface area contributed by atoms with Crippen LogP contribution in [0.15, 0.2) is 42.5 Å². The van der Waals surface area contributed by atoms with E-state index in [0.717, 1.165) is 31.6 Å². The summed E-state index contributed by atoms with van der Waals surface area (Å²) < 4.78 is 5.08. The number of nitrogens with one attached hydrogen (secondary N) is 3. The molecule has 1 aliphatic heterocycles. The fraction of sp³-hybridized carbons (Fsp3) is 0.364. The van der Waals surface area contributed by atoms with E-state index in [9.17, 15) is 9.59 Å². The Morgan fingerprint density at radius 3 is 2.40 bits per heavy atom. The van der Waals surface area contributed by atoms with E-state index in [1.807, 2.05) is 12.1 Å². The van der Waals surface area contributed by atoms with Crippen molar-refractivity contribution in [2.45, 2.75) is 19.3 Å². The maximum Gasteiger partial charge on any atom is 0.319 e. The van der Waals surface area contributed by atoms with Crippen molar-refractivity contribution in [2.75, 3.05) is 43.5 Å². The molecule has 1 fully saturated rings. The van der Waals surface area contributed by atoms with Gasteiger partial charge < -0.3 is 25.6 Å². The summed E-state index contributed by atoms with van der Waals surface area (Å²) in [6.45, 7) is 2.55. The highest BCUT2D eigenvalue weighted by molar-refractivity contribution is 6.31. The molecule has 8 heteroatoms. The third-order valence-corrected chi connectivity index (χ3v) is 5.19. The van der Waals surface area contributed by atoms with Crippen LogP contribution in [0.4, 0.5) is 16.2 Å². The van der Waals surface area contributed by atoms with E-state index < -0.39 is 0 Å². The van der Waals surface area contributed by atoms with E-state index in [1.165, 1.54) is 6.42 Å². The van der Waals surface area contributed by atoms with Crippen molar-refractivity contribution in [2.24, 2.45) is 0 Å². The Morgan fingerprint density at radius 2 is 1.70 bits per heavy atom. The smallest absolute Gasteiger partial charge is 0.319 e. The number of piperidine rings is 1. The molecule has 160 valence electrons. The van der Waals surface area contributed by atoms with Crippen LogP contribution in [0.3, 0.4) is 0 Å². The number of hydrogen-bond donors (Lipinski definition) is 3. The van der Waals surface area contributed by atoms with Gasteiger partial charge in [0.05, 0.1) is 18.5 Å². The van der Waals surface area contributed by atoms with E-state index in [1.54, 1.807) is 37.4 Å². The monoisotopic (exact) mass is 430 g/mol. The van der Waals surface area contributed by atoms with E-state index in [2.05, 4.69) is 20.9 Å². The quantitative estimate of drug-likeness (QED) is 0.582. The van der Waals surface area contributed by atoms with Gasteiger partial charge in [-0.2, -0.15) is 0 Å². The average Bonchev–Trinajstić information content (AvgIpc) is 2.77. The molecule has 30 heavy (non-hydrogen) atoms. The van der Waals surface area contributed by atoms with Crippen LogP contribution >= 0.6 is 11.6 Å². The third kappa shape index (κ3) is 6.03. The van der Waals surface area contributed by atoms with Gasteiger partial charge in [0.2, 0.25) is 0 Å². The number of halogens is 1. The number of anilines is 2. The number of ether oxygens (including phenoxy) is 1. The van der Waals surface area contributed by atoms with Crippen LogP contribution in [0, 0.1) is 0 Å². The average molecular weight is 431 g/mol. The summed E-state index contributed by atoms with van der Waals surface area (Å²) in [6, 6.07) is 12.0. The number of nitrogens with zero attached hydrogens (tertiary/aromatic N) is 1.